The van der Waals surface area contributed by atoms with Gasteiger partial charge in [0.05, 0.1) is 0 Å². The van der Waals surface area contributed by atoms with E-state index in [0.29, 0.717) is 0 Å². The van der Waals surface area contributed by atoms with Gasteiger partial charge in [0.1, 0.15) is 5.82 Å². The van der Waals surface area contributed by atoms with Crippen LogP contribution in [0, 0.1) is 5.82 Å². The number of hydrogen-bond acceptors (Lipinski definition) is 3. The fraction of sp³-hybridized carbons (Fsp3) is 0.438. The van der Waals surface area contributed by atoms with Gasteiger partial charge in [0.25, 0.3) is 0 Å². The molecule has 0 bridgehead atoms. The third-order valence-electron chi connectivity index (χ3n) is 3.21. The molecular formula is C16H19FO2S. The quantitative estimate of drug-likeness (QED) is 0.711. The molecule has 2 nitrogen and oxygen atoms in total. The maximum absolute atomic E-state index is 12.9. The number of cyclic esters (lactones) is 1. The van der Waals surface area contributed by atoms with E-state index in [0.717, 1.165) is 41.7 Å². The summed E-state index contributed by atoms with van der Waals surface area (Å²) < 4.78 is 18.4. The number of carbonyl (C=O) groups excluding carboxylic acids is 1. The Balaban J connectivity index is 2.18. The molecule has 0 radical (unpaired) electrons. The number of esters is 1. The van der Waals surface area contributed by atoms with Crippen LogP contribution in [-0.2, 0) is 9.53 Å². The molecule has 2 rings (SSSR count). The minimum Gasteiger partial charge on any atom is -0.443 e. The first-order chi connectivity index (χ1) is 9.65. The van der Waals surface area contributed by atoms with Crippen molar-refractivity contribution in [1.82, 2.24) is 0 Å². The van der Waals surface area contributed by atoms with Crippen molar-refractivity contribution in [2.75, 3.05) is 0 Å². The number of thioether (sulfide) groups is 1. The molecule has 1 aliphatic heterocycles. The molecule has 108 valence electrons. The summed E-state index contributed by atoms with van der Waals surface area (Å²) in [5, 5.41) is 0. The molecule has 0 amide bonds. The molecule has 0 spiro atoms. The summed E-state index contributed by atoms with van der Waals surface area (Å²) in [5.74, 6) is -0.441. The lowest BCUT2D eigenvalue weighted by molar-refractivity contribution is -0.137. The molecule has 0 saturated heterocycles. The van der Waals surface area contributed by atoms with Gasteiger partial charge < -0.3 is 4.74 Å². The fourth-order valence-electron chi connectivity index (χ4n) is 2.30. The zero-order valence-corrected chi connectivity index (χ0v) is 12.6. The third kappa shape index (κ3) is 3.42. The van der Waals surface area contributed by atoms with E-state index in [2.05, 4.69) is 13.8 Å². The van der Waals surface area contributed by atoms with Crippen molar-refractivity contribution >= 4 is 17.7 Å². The standard InChI is InChI=1S/C16H19FO2S/c1-3-5-13-14(6-4-2)16(19-15(13)18)20-12-9-7-11(17)8-10-12/h7-10,16H,3-6H2,1-2H3. The SMILES string of the molecule is CCCC1=C(CCC)C(Sc2ccc(F)cc2)OC1=O. The summed E-state index contributed by atoms with van der Waals surface area (Å²) in [4.78, 5) is 12.9. The van der Waals surface area contributed by atoms with Crippen molar-refractivity contribution in [3.05, 3.63) is 41.2 Å². The molecule has 0 fully saturated rings. The molecular weight excluding hydrogens is 275 g/mol. The summed E-state index contributed by atoms with van der Waals surface area (Å²) in [5.41, 5.74) is 1.69. The van der Waals surface area contributed by atoms with Gasteiger partial charge in [-0.25, -0.2) is 9.18 Å². The highest BCUT2D eigenvalue weighted by molar-refractivity contribution is 8.00. The van der Waals surface area contributed by atoms with Crippen molar-refractivity contribution in [1.29, 1.82) is 0 Å². The van der Waals surface area contributed by atoms with Crippen LogP contribution in [0.2, 0.25) is 0 Å². The number of benzene rings is 1. The van der Waals surface area contributed by atoms with Crippen molar-refractivity contribution in [2.45, 2.75) is 49.9 Å². The molecule has 1 unspecified atom stereocenters. The second-order valence-corrected chi connectivity index (χ2v) is 5.95. The van der Waals surface area contributed by atoms with E-state index in [9.17, 15) is 9.18 Å². The van der Waals surface area contributed by atoms with E-state index in [1.807, 2.05) is 0 Å². The Labute approximate surface area is 123 Å². The molecule has 1 heterocycles. The van der Waals surface area contributed by atoms with Gasteiger partial charge in [-0.15, -0.1) is 0 Å². The number of hydrogen-bond donors (Lipinski definition) is 0. The average molecular weight is 294 g/mol. The molecule has 1 atom stereocenters. The molecule has 20 heavy (non-hydrogen) atoms. The van der Waals surface area contributed by atoms with Crippen LogP contribution in [0.5, 0.6) is 0 Å². The maximum atomic E-state index is 12.9. The van der Waals surface area contributed by atoms with E-state index in [1.165, 1.54) is 23.9 Å². The van der Waals surface area contributed by atoms with Gasteiger partial charge in [0.2, 0.25) is 0 Å². The molecule has 0 N–H and O–H groups in total. The molecule has 1 aromatic rings. The van der Waals surface area contributed by atoms with Crippen LogP contribution in [0.15, 0.2) is 40.3 Å². The molecule has 1 aromatic carbocycles. The van der Waals surface area contributed by atoms with Crippen LogP contribution in [-0.4, -0.2) is 11.4 Å². The minimum absolute atomic E-state index is 0.185. The highest BCUT2D eigenvalue weighted by atomic mass is 32.2. The Bertz CT molecular complexity index is 508. The van der Waals surface area contributed by atoms with Gasteiger partial charge in [-0.2, -0.15) is 0 Å². The van der Waals surface area contributed by atoms with E-state index in [4.69, 9.17) is 4.74 Å². The second-order valence-electron chi connectivity index (χ2n) is 4.81. The van der Waals surface area contributed by atoms with Gasteiger partial charge in [-0.3, -0.25) is 0 Å². The molecule has 1 aliphatic rings. The van der Waals surface area contributed by atoms with Crippen LogP contribution in [0.25, 0.3) is 0 Å². The summed E-state index contributed by atoms with van der Waals surface area (Å²) >= 11 is 1.47. The Hall–Kier alpha value is -1.29. The fourth-order valence-corrected chi connectivity index (χ4v) is 3.37. The normalized spacial score (nSPS) is 18.6. The average Bonchev–Trinajstić information content (AvgIpc) is 2.71. The van der Waals surface area contributed by atoms with E-state index in [1.54, 1.807) is 12.1 Å². The first kappa shape index (κ1) is 15.1. The summed E-state index contributed by atoms with van der Waals surface area (Å²) in [7, 11) is 0. The van der Waals surface area contributed by atoms with Crippen LogP contribution < -0.4 is 0 Å². The van der Waals surface area contributed by atoms with E-state index in [-0.39, 0.29) is 17.2 Å². The first-order valence-electron chi connectivity index (χ1n) is 7.00. The number of ether oxygens (including phenoxy) is 1. The molecule has 0 saturated carbocycles. The molecule has 4 heteroatoms. The summed E-state index contributed by atoms with van der Waals surface area (Å²) in [6, 6.07) is 6.29. The van der Waals surface area contributed by atoms with E-state index >= 15 is 0 Å². The topological polar surface area (TPSA) is 26.3 Å². The van der Waals surface area contributed by atoms with Gasteiger partial charge in [0, 0.05) is 10.5 Å². The van der Waals surface area contributed by atoms with Crippen LogP contribution >= 0.6 is 11.8 Å². The monoisotopic (exact) mass is 294 g/mol. The predicted octanol–water partition coefficient (Wildman–Crippen LogP) is 4.70. The van der Waals surface area contributed by atoms with Crippen LogP contribution in [0.4, 0.5) is 4.39 Å². The van der Waals surface area contributed by atoms with Gasteiger partial charge >= 0.3 is 5.97 Å². The number of rotatable bonds is 6. The Kier molecular flexibility index (Phi) is 5.24. The van der Waals surface area contributed by atoms with Crippen molar-refractivity contribution in [3.8, 4) is 0 Å². The summed E-state index contributed by atoms with van der Waals surface area (Å²) in [6.07, 6.45) is 3.57. The largest absolute Gasteiger partial charge is 0.443 e. The van der Waals surface area contributed by atoms with Crippen molar-refractivity contribution in [2.24, 2.45) is 0 Å². The number of halogens is 1. The smallest absolute Gasteiger partial charge is 0.335 e. The lowest BCUT2D eigenvalue weighted by atomic mass is 10.0. The minimum atomic E-state index is -0.256. The highest BCUT2D eigenvalue weighted by Gasteiger charge is 2.33. The second kappa shape index (κ2) is 6.93. The lowest BCUT2D eigenvalue weighted by Crippen LogP contribution is -2.07. The zero-order valence-electron chi connectivity index (χ0n) is 11.8. The van der Waals surface area contributed by atoms with Gasteiger partial charge in [0.15, 0.2) is 5.44 Å². The van der Waals surface area contributed by atoms with Gasteiger partial charge in [-0.05, 0) is 42.7 Å². The lowest BCUT2D eigenvalue weighted by Gasteiger charge is -2.13. The first-order valence-corrected chi connectivity index (χ1v) is 7.88. The molecule has 0 aliphatic carbocycles. The summed E-state index contributed by atoms with van der Waals surface area (Å²) in [6.45, 7) is 4.16. The molecule has 0 aromatic heterocycles. The van der Waals surface area contributed by atoms with Crippen molar-refractivity contribution in [3.63, 3.8) is 0 Å². The highest BCUT2D eigenvalue weighted by Crippen LogP contribution is 2.38. The third-order valence-corrected chi connectivity index (χ3v) is 4.35. The van der Waals surface area contributed by atoms with Gasteiger partial charge in [-0.1, -0.05) is 38.5 Å². The predicted molar refractivity (Wildman–Crippen MR) is 79.0 cm³/mol. The zero-order chi connectivity index (χ0) is 14.5. The van der Waals surface area contributed by atoms with Crippen LogP contribution in [0.1, 0.15) is 39.5 Å². The Morgan fingerprint density at radius 1 is 1.15 bits per heavy atom. The Morgan fingerprint density at radius 2 is 1.80 bits per heavy atom. The maximum Gasteiger partial charge on any atom is 0.335 e. The van der Waals surface area contributed by atoms with Crippen molar-refractivity contribution < 1.29 is 13.9 Å². The number of carbonyl (C=O) groups is 1. The van der Waals surface area contributed by atoms with E-state index < -0.39 is 0 Å². The Morgan fingerprint density at radius 3 is 2.40 bits per heavy atom. The van der Waals surface area contributed by atoms with Crippen LogP contribution in [0.3, 0.4) is 0 Å².